The smallest absolute Gasteiger partial charge is 0.0568 e. The van der Waals surface area contributed by atoms with Crippen molar-refractivity contribution in [2.45, 2.75) is 6.92 Å². The van der Waals surface area contributed by atoms with Crippen LogP contribution in [0.4, 0.5) is 5.69 Å². The van der Waals surface area contributed by atoms with Crippen molar-refractivity contribution in [3.8, 4) is 0 Å². The molecule has 0 aliphatic carbocycles. The van der Waals surface area contributed by atoms with Crippen molar-refractivity contribution < 1.29 is 0 Å². The van der Waals surface area contributed by atoms with Crippen LogP contribution in [-0.2, 0) is 0 Å². The topological polar surface area (TPSA) is 24.9 Å². The molecule has 0 saturated carbocycles. The lowest BCUT2D eigenvalue weighted by Crippen LogP contribution is -1.92. The molecular formula is C8H10N2. The van der Waals surface area contributed by atoms with Crippen LogP contribution in [-0.4, -0.2) is 4.98 Å². The molecule has 2 heteroatoms. The molecule has 0 unspecified atom stereocenters. The number of aromatic nitrogens is 1. The molecule has 10 heavy (non-hydrogen) atoms. The van der Waals surface area contributed by atoms with Gasteiger partial charge in [-0.05, 0) is 19.1 Å². The minimum Gasteiger partial charge on any atom is -0.358 e. The molecule has 0 bridgehead atoms. The lowest BCUT2D eigenvalue weighted by molar-refractivity contribution is 1.30. The molecule has 0 saturated heterocycles. The second-order valence-electron chi connectivity index (χ2n) is 2.15. The van der Waals surface area contributed by atoms with E-state index in [1.54, 1.807) is 12.4 Å². The van der Waals surface area contributed by atoms with Crippen LogP contribution < -0.4 is 5.32 Å². The normalized spacial score (nSPS) is 8.90. The van der Waals surface area contributed by atoms with Gasteiger partial charge in [0.1, 0.15) is 0 Å². The molecular weight excluding hydrogens is 124 g/mol. The average molecular weight is 134 g/mol. The molecule has 0 spiro atoms. The van der Waals surface area contributed by atoms with Crippen molar-refractivity contribution in [1.82, 2.24) is 4.98 Å². The van der Waals surface area contributed by atoms with E-state index in [9.17, 15) is 0 Å². The maximum atomic E-state index is 3.93. The SMILES string of the molecule is C=C(C)Nc1cccnc1. The van der Waals surface area contributed by atoms with Crippen molar-refractivity contribution in [1.29, 1.82) is 0 Å². The van der Waals surface area contributed by atoms with Crippen LogP contribution in [0.5, 0.6) is 0 Å². The zero-order valence-corrected chi connectivity index (χ0v) is 5.96. The molecule has 2 nitrogen and oxygen atoms in total. The van der Waals surface area contributed by atoms with Gasteiger partial charge in [0.2, 0.25) is 0 Å². The summed E-state index contributed by atoms with van der Waals surface area (Å²) in [5.74, 6) is 0. The molecule has 0 fully saturated rings. The number of pyridine rings is 1. The van der Waals surface area contributed by atoms with Gasteiger partial charge >= 0.3 is 0 Å². The third kappa shape index (κ3) is 1.90. The Balaban J connectivity index is 2.67. The van der Waals surface area contributed by atoms with E-state index < -0.39 is 0 Å². The van der Waals surface area contributed by atoms with Gasteiger partial charge in [0, 0.05) is 11.9 Å². The fraction of sp³-hybridized carbons (Fsp3) is 0.125. The number of rotatable bonds is 2. The Morgan fingerprint density at radius 3 is 3.00 bits per heavy atom. The van der Waals surface area contributed by atoms with Crippen molar-refractivity contribution in [3.63, 3.8) is 0 Å². The molecule has 52 valence electrons. The fourth-order valence-electron chi connectivity index (χ4n) is 0.683. The molecule has 1 aromatic rings. The first-order chi connectivity index (χ1) is 4.79. The Morgan fingerprint density at radius 2 is 2.50 bits per heavy atom. The van der Waals surface area contributed by atoms with Crippen LogP contribution >= 0.6 is 0 Å². The summed E-state index contributed by atoms with van der Waals surface area (Å²) in [6.07, 6.45) is 3.50. The number of allylic oxidation sites excluding steroid dienone is 1. The molecule has 0 amide bonds. The minimum absolute atomic E-state index is 0.924. The first-order valence-electron chi connectivity index (χ1n) is 3.11. The molecule has 1 heterocycles. The third-order valence-electron chi connectivity index (χ3n) is 1.02. The van der Waals surface area contributed by atoms with Crippen LogP contribution in [0.1, 0.15) is 6.92 Å². The molecule has 1 N–H and O–H groups in total. The zero-order valence-electron chi connectivity index (χ0n) is 5.96. The summed E-state index contributed by atoms with van der Waals surface area (Å²) in [5.41, 5.74) is 1.91. The average Bonchev–Trinajstić information content (AvgIpc) is 1.88. The summed E-state index contributed by atoms with van der Waals surface area (Å²) in [5, 5.41) is 3.05. The second kappa shape index (κ2) is 3.01. The minimum atomic E-state index is 0.924. The highest BCUT2D eigenvalue weighted by atomic mass is 14.9. The van der Waals surface area contributed by atoms with E-state index in [1.807, 2.05) is 19.1 Å². The van der Waals surface area contributed by atoms with Gasteiger partial charge in [-0.25, -0.2) is 0 Å². The Hall–Kier alpha value is -1.31. The summed E-state index contributed by atoms with van der Waals surface area (Å²) >= 11 is 0. The molecule has 1 aromatic heterocycles. The monoisotopic (exact) mass is 134 g/mol. The van der Waals surface area contributed by atoms with E-state index in [1.165, 1.54) is 0 Å². The molecule has 0 atom stereocenters. The van der Waals surface area contributed by atoms with E-state index in [0.29, 0.717) is 0 Å². The standard InChI is InChI=1S/C8H10N2/c1-7(2)10-8-4-3-5-9-6-8/h3-6,10H,1H2,2H3. The summed E-state index contributed by atoms with van der Waals surface area (Å²) in [6, 6.07) is 3.83. The Morgan fingerprint density at radius 1 is 1.70 bits per heavy atom. The number of hydrogen-bond acceptors (Lipinski definition) is 2. The molecule has 1 rings (SSSR count). The van der Waals surface area contributed by atoms with Gasteiger partial charge in [-0.3, -0.25) is 4.98 Å². The van der Waals surface area contributed by atoms with E-state index in [-0.39, 0.29) is 0 Å². The van der Waals surface area contributed by atoms with Crippen molar-refractivity contribution in [2.24, 2.45) is 0 Å². The van der Waals surface area contributed by atoms with Gasteiger partial charge in [-0.1, -0.05) is 6.58 Å². The highest BCUT2D eigenvalue weighted by Crippen LogP contribution is 2.04. The zero-order chi connectivity index (χ0) is 7.40. The summed E-state index contributed by atoms with van der Waals surface area (Å²) in [7, 11) is 0. The highest BCUT2D eigenvalue weighted by molar-refractivity contribution is 5.44. The van der Waals surface area contributed by atoms with Gasteiger partial charge in [-0.15, -0.1) is 0 Å². The summed E-state index contributed by atoms with van der Waals surface area (Å²) in [4.78, 5) is 3.93. The van der Waals surface area contributed by atoms with Crippen LogP contribution in [0.3, 0.4) is 0 Å². The quantitative estimate of drug-likeness (QED) is 0.669. The van der Waals surface area contributed by atoms with Crippen LogP contribution in [0.15, 0.2) is 36.8 Å². The van der Waals surface area contributed by atoms with E-state index in [4.69, 9.17) is 0 Å². The number of anilines is 1. The van der Waals surface area contributed by atoms with Gasteiger partial charge in [0.15, 0.2) is 0 Å². The van der Waals surface area contributed by atoms with Gasteiger partial charge < -0.3 is 5.32 Å². The maximum absolute atomic E-state index is 3.93. The molecule has 0 aliphatic rings. The first-order valence-corrected chi connectivity index (χ1v) is 3.11. The highest BCUT2D eigenvalue weighted by Gasteiger charge is 1.86. The van der Waals surface area contributed by atoms with Crippen LogP contribution in [0.25, 0.3) is 0 Å². The van der Waals surface area contributed by atoms with Gasteiger partial charge in [-0.2, -0.15) is 0 Å². The second-order valence-corrected chi connectivity index (χ2v) is 2.15. The lowest BCUT2D eigenvalue weighted by atomic mass is 10.4. The maximum Gasteiger partial charge on any atom is 0.0568 e. The fourth-order valence-corrected chi connectivity index (χ4v) is 0.683. The van der Waals surface area contributed by atoms with Crippen LogP contribution in [0, 0.1) is 0 Å². The Bertz CT molecular complexity index is 216. The lowest BCUT2D eigenvalue weighted by Gasteiger charge is -2.01. The number of hydrogen-bond donors (Lipinski definition) is 1. The van der Waals surface area contributed by atoms with E-state index in [0.717, 1.165) is 11.4 Å². The summed E-state index contributed by atoms with van der Waals surface area (Å²) in [6.45, 7) is 5.62. The molecule has 0 radical (unpaired) electrons. The van der Waals surface area contributed by atoms with Crippen molar-refractivity contribution in [3.05, 3.63) is 36.8 Å². The Kier molecular flexibility index (Phi) is 2.05. The van der Waals surface area contributed by atoms with Gasteiger partial charge in [0.05, 0.1) is 11.9 Å². The predicted molar refractivity (Wildman–Crippen MR) is 42.7 cm³/mol. The van der Waals surface area contributed by atoms with E-state index >= 15 is 0 Å². The molecule has 0 aliphatic heterocycles. The molecule has 0 aromatic carbocycles. The number of nitrogens with zero attached hydrogens (tertiary/aromatic N) is 1. The number of nitrogens with one attached hydrogen (secondary N) is 1. The van der Waals surface area contributed by atoms with E-state index in [2.05, 4.69) is 16.9 Å². The Labute approximate surface area is 60.6 Å². The van der Waals surface area contributed by atoms with Crippen molar-refractivity contribution >= 4 is 5.69 Å². The largest absolute Gasteiger partial charge is 0.358 e. The third-order valence-corrected chi connectivity index (χ3v) is 1.02. The van der Waals surface area contributed by atoms with Crippen LogP contribution in [0.2, 0.25) is 0 Å². The van der Waals surface area contributed by atoms with Crippen molar-refractivity contribution in [2.75, 3.05) is 5.32 Å². The van der Waals surface area contributed by atoms with Gasteiger partial charge in [0.25, 0.3) is 0 Å². The summed E-state index contributed by atoms with van der Waals surface area (Å²) < 4.78 is 0. The first kappa shape index (κ1) is 6.81. The predicted octanol–water partition coefficient (Wildman–Crippen LogP) is 2.03.